The third-order valence-corrected chi connectivity index (χ3v) is 3.77. The maximum absolute atomic E-state index is 11.9. The monoisotopic (exact) mass is 285 g/mol. The fourth-order valence-corrected chi connectivity index (χ4v) is 2.61. The van der Waals surface area contributed by atoms with Crippen LogP contribution in [0.3, 0.4) is 0 Å². The smallest absolute Gasteiger partial charge is 0.224 e. The van der Waals surface area contributed by atoms with E-state index < -0.39 is 0 Å². The summed E-state index contributed by atoms with van der Waals surface area (Å²) in [6.45, 7) is 1.08. The molecule has 1 aromatic carbocycles. The van der Waals surface area contributed by atoms with Crippen LogP contribution in [0, 0.1) is 0 Å². The second kappa shape index (κ2) is 6.54. The molecule has 1 saturated heterocycles. The summed E-state index contributed by atoms with van der Waals surface area (Å²) in [6.07, 6.45) is 6.93. The molecular weight excluding hydrogens is 266 g/mol. The summed E-state index contributed by atoms with van der Waals surface area (Å²) < 4.78 is 5.23. The van der Waals surface area contributed by atoms with Crippen LogP contribution in [0.2, 0.25) is 0 Å². The van der Waals surface area contributed by atoms with E-state index in [4.69, 9.17) is 4.42 Å². The highest BCUT2D eigenvalue weighted by molar-refractivity contribution is 5.90. The van der Waals surface area contributed by atoms with E-state index in [1.165, 1.54) is 19.2 Å². The molecule has 1 aliphatic rings. The summed E-state index contributed by atoms with van der Waals surface area (Å²) in [5, 5.41) is 6.33. The van der Waals surface area contributed by atoms with Crippen LogP contribution in [0.5, 0.6) is 0 Å². The largest absolute Gasteiger partial charge is 0.444 e. The van der Waals surface area contributed by atoms with Crippen LogP contribution in [-0.4, -0.2) is 23.5 Å². The minimum atomic E-state index is 0.0658. The summed E-state index contributed by atoms with van der Waals surface area (Å²) >= 11 is 0. The highest BCUT2D eigenvalue weighted by Crippen LogP contribution is 2.21. The SMILES string of the molecule is O=C(CCC1CCCN1)Nc1ccc(-c2cnco2)cc1. The molecule has 3 rings (SSSR count). The number of nitrogens with zero attached hydrogens (tertiary/aromatic N) is 1. The first-order valence-electron chi connectivity index (χ1n) is 7.33. The van der Waals surface area contributed by atoms with Gasteiger partial charge in [-0.2, -0.15) is 0 Å². The van der Waals surface area contributed by atoms with E-state index in [9.17, 15) is 4.79 Å². The lowest BCUT2D eigenvalue weighted by Gasteiger charge is -2.10. The summed E-state index contributed by atoms with van der Waals surface area (Å²) in [4.78, 5) is 15.8. The van der Waals surface area contributed by atoms with Crippen LogP contribution in [0.15, 0.2) is 41.3 Å². The molecule has 1 atom stereocenters. The number of hydrogen-bond acceptors (Lipinski definition) is 4. The number of amides is 1. The first-order chi connectivity index (χ1) is 10.3. The van der Waals surface area contributed by atoms with Gasteiger partial charge in [0.05, 0.1) is 6.20 Å². The van der Waals surface area contributed by atoms with Gasteiger partial charge in [-0.1, -0.05) is 0 Å². The minimum Gasteiger partial charge on any atom is -0.444 e. The Morgan fingerprint density at radius 3 is 2.90 bits per heavy atom. The van der Waals surface area contributed by atoms with E-state index in [1.54, 1.807) is 6.20 Å². The molecule has 0 radical (unpaired) electrons. The molecule has 0 spiro atoms. The third-order valence-electron chi connectivity index (χ3n) is 3.77. The van der Waals surface area contributed by atoms with E-state index in [-0.39, 0.29) is 5.91 Å². The minimum absolute atomic E-state index is 0.0658. The molecule has 21 heavy (non-hydrogen) atoms. The Hall–Kier alpha value is -2.14. The molecule has 0 aliphatic carbocycles. The van der Waals surface area contributed by atoms with Gasteiger partial charge in [-0.3, -0.25) is 4.79 Å². The van der Waals surface area contributed by atoms with Crippen molar-refractivity contribution in [2.24, 2.45) is 0 Å². The number of rotatable bonds is 5. The molecule has 1 fully saturated rings. The van der Waals surface area contributed by atoms with E-state index >= 15 is 0 Å². The molecule has 0 bridgehead atoms. The molecule has 5 nitrogen and oxygen atoms in total. The number of aromatic nitrogens is 1. The Bertz CT molecular complexity index is 572. The Morgan fingerprint density at radius 2 is 2.24 bits per heavy atom. The second-order valence-corrected chi connectivity index (χ2v) is 5.32. The molecular formula is C16H19N3O2. The molecule has 1 unspecified atom stereocenters. The van der Waals surface area contributed by atoms with E-state index in [2.05, 4.69) is 15.6 Å². The predicted octanol–water partition coefficient (Wildman–Crippen LogP) is 2.81. The van der Waals surface area contributed by atoms with Crippen molar-refractivity contribution in [1.29, 1.82) is 0 Å². The topological polar surface area (TPSA) is 67.2 Å². The normalized spacial score (nSPS) is 17.8. The van der Waals surface area contributed by atoms with Gasteiger partial charge in [-0.05, 0) is 50.1 Å². The molecule has 1 aromatic heterocycles. The zero-order valence-corrected chi connectivity index (χ0v) is 11.8. The number of hydrogen-bond donors (Lipinski definition) is 2. The van der Waals surface area contributed by atoms with Gasteiger partial charge in [0, 0.05) is 23.7 Å². The number of anilines is 1. The molecule has 110 valence electrons. The van der Waals surface area contributed by atoms with E-state index in [0.717, 1.165) is 30.0 Å². The van der Waals surface area contributed by atoms with Crippen molar-refractivity contribution in [3.8, 4) is 11.3 Å². The Morgan fingerprint density at radius 1 is 1.38 bits per heavy atom. The van der Waals surface area contributed by atoms with Crippen molar-refractivity contribution in [3.05, 3.63) is 36.9 Å². The zero-order chi connectivity index (χ0) is 14.5. The summed E-state index contributed by atoms with van der Waals surface area (Å²) in [5.74, 6) is 0.788. The van der Waals surface area contributed by atoms with Crippen molar-refractivity contribution < 1.29 is 9.21 Å². The summed E-state index contributed by atoms with van der Waals surface area (Å²) in [6, 6.07) is 8.08. The average Bonchev–Trinajstić information content (AvgIpc) is 3.19. The van der Waals surface area contributed by atoms with Gasteiger partial charge in [-0.15, -0.1) is 0 Å². The fraction of sp³-hybridized carbons (Fsp3) is 0.375. The Balaban J connectivity index is 1.51. The van der Waals surface area contributed by atoms with Crippen LogP contribution in [-0.2, 0) is 4.79 Å². The van der Waals surface area contributed by atoms with Crippen molar-refractivity contribution in [2.45, 2.75) is 31.7 Å². The van der Waals surface area contributed by atoms with Gasteiger partial charge >= 0.3 is 0 Å². The molecule has 2 aromatic rings. The Kier molecular flexibility index (Phi) is 4.31. The van der Waals surface area contributed by atoms with Crippen LogP contribution in [0.1, 0.15) is 25.7 Å². The summed E-state index contributed by atoms with van der Waals surface area (Å²) in [5.41, 5.74) is 1.75. The zero-order valence-electron chi connectivity index (χ0n) is 11.8. The van der Waals surface area contributed by atoms with Crippen LogP contribution in [0.4, 0.5) is 5.69 Å². The van der Waals surface area contributed by atoms with Gasteiger partial charge in [0.1, 0.15) is 0 Å². The van der Waals surface area contributed by atoms with Crippen molar-refractivity contribution in [1.82, 2.24) is 10.3 Å². The maximum Gasteiger partial charge on any atom is 0.224 e. The quantitative estimate of drug-likeness (QED) is 0.886. The third kappa shape index (κ3) is 3.70. The van der Waals surface area contributed by atoms with E-state index in [1.807, 2.05) is 24.3 Å². The van der Waals surface area contributed by atoms with Crippen molar-refractivity contribution >= 4 is 11.6 Å². The lowest BCUT2D eigenvalue weighted by Crippen LogP contribution is -2.23. The number of carbonyl (C=O) groups excluding carboxylic acids is 1. The fourth-order valence-electron chi connectivity index (χ4n) is 2.61. The lowest BCUT2D eigenvalue weighted by atomic mass is 10.1. The van der Waals surface area contributed by atoms with Crippen molar-refractivity contribution in [2.75, 3.05) is 11.9 Å². The van der Waals surface area contributed by atoms with Gasteiger partial charge in [0.15, 0.2) is 12.2 Å². The van der Waals surface area contributed by atoms with E-state index in [0.29, 0.717) is 12.5 Å². The summed E-state index contributed by atoms with van der Waals surface area (Å²) in [7, 11) is 0. The molecule has 2 N–H and O–H groups in total. The average molecular weight is 285 g/mol. The number of carbonyl (C=O) groups is 1. The number of oxazole rings is 1. The van der Waals surface area contributed by atoms with Gasteiger partial charge < -0.3 is 15.1 Å². The number of nitrogens with one attached hydrogen (secondary N) is 2. The highest BCUT2D eigenvalue weighted by atomic mass is 16.3. The Labute approximate surface area is 123 Å². The maximum atomic E-state index is 11.9. The first kappa shape index (κ1) is 13.8. The van der Waals surface area contributed by atoms with Crippen molar-refractivity contribution in [3.63, 3.8) is 0 Å². The standard InChI is InChI=1S/C16H19N3O2/c20-16(8-7-13-2-1-9-18-13)19-14-5-3-12(4-6-14)15-10-17-11-21-15/h3-6,10-11,13,18H,1-2,7-9H2,(H,19,20). The molecule has 0 saturated carbocycles. The number of benzene rings is 1. The predicted molar refractivity (Wildman–Crippen MR) is 80.8 cm³/mol. The van der Waals surface area contributed by atoms with Gasteiger partial charge in [0.25, 0.3) is 0 Å². The van der Waals surface area contributed by atoms with Crippen LogP contribution >= 0.6 is 0 Å². The van der Waals surface area contributed by atoms with Crippen LogP contribution in [0.25, 0.3) is 11.3 Å². The molecule has 1 amide bonds. The molecule has 5 heteroatoms. The van der Waals surface area contributed by atoms with Gasteiger partial charge in [-0.25, -0.2) is 4.98 Å². The lowest BCUT2D eigenvalue weighted by molar-refractivity contribution is -0.116. The first-order valence-corrected chi connectivity index (χ1v) is 7.33. The second-order valence-electron chi connectivity index (χ2n) is 5.32. The molecule has 1 aliphatic heterocycles. The highest BCUT2D eigenvalue weighted by Gasteiger charge is 2.15. The van der Waals surface area contributed by atoms with Gasteiger partial charge in [0.2, 0.25) is 5.91 Å². The molecule has 2 heterocycles. The van der Waals surface area contributed by atoms with Crippen LogP contribution < -0.4 is 10.6 Å².